The average Bonchev–Trinajstić information content (AvgIpc) is 3.02. The predicted molar refractivity (Wildman–Crippen MR) is 89.3 cm³/mol. The van der Waals surface area contributed by atoms with E-state index in [1.807, 2.05) is 7.05 Å². The fourth-order valence-electron chi connectivity index (χ4n) is 4.06. The number of piperidine rings is 1. The monoisotopic (exact) mass is 302 g/mol. The zero-order valence-corrected chi connectivity index (χ0v) is 13.3. The number of nitrogens with one attached hydrogen (secondary N) is 1. The SMILES string of the molecule is CNc1nc(N2CCCC3CCCCC32)c2ccsc2n1. The molecule has 1 saturated heterocycles. The zero-order valence-electron chi connectivity index (χ0n) is 12.5. The third-order valence-electron chi connectivity index (χ3n) is 5.04. The van der Waals surface area contributed by atoms with Crippen molar-refractivity contribution in [1.82, 2.24) is 9.97 Å². The van der Waals surface area contributed by atoms with Crippen LogP contribution in [0.4, 0.5) is 11.8 Å². The van der Waals surface area contributed by atoms with Crippen LogP contribution < -0.4 is 10.2 Å². The Kier molecular flexibility index (Phi) is 3.45. The molecule has 1 aliphatic heterocycles. The van der Waals surface area contributed by atoms with Crippen LogP contribution >= 0.6 is 11.3 Å². The Hall–Kier alpha value is -1.36. The van der Waals surface area contributed by atoms with Crippen LogP contribution in [0.5, 0.6) is 0 Å². The van der Waals surface area contributed by atoms with Gasteiger partial charge in [0.05, 0.1) is 5.39 Å². The van der Waals surface area contributed by atoms with Gasteiger partial charge in [0, 0.05) is 19.6 Å². The maximum Gasteiger partial charge on any atom is 0.225 e. The molecule has 2 aliphatic rings. The van der Waals surface area contributed by atoms with Crippen molar-refractivity contribution in [2.75, 3.05) is 23.8 Å². The highest BCUT2D eigenvalue weighted by Gasteiger charge is 2.34. The first-order valence-corrected chi connectivity index (χ1v) is 8.94. The van der Waals surface area contributed by atoms with E-state index in [-0.39, 0.29) is 0 Å². The first-order valence-electron chi connectivity index (χ1n) is 8.06. The van der Waals surface area contributed by atoms with E-state index in [1.165, 1.54) is 43.9 Å². The van der Waals surface area contributed by atoms with Crippen molar-refractivity contribution in [3.8, 4) is 0 Å². The molecule has 0 radical (unpaired) electrons. The molecule has 4 nitrogen and oxygen atoms in total. The van der Waals surface area contributed by atoms with E-state index < -0.39 is 0 Å². The Labute approximate surface area is 129 Å². The number of hydrogen-bond acceptors (Lipinski definition) is 5. The summed E-state index contributed by atoms with van der Waals surface area (Å²) in [5, 5.41) is 6.47. The quantitative estimate of drug-likeness (QED) is 0.913. The second-order valence-electron chi connectivity index (χ2n) is 6.21. The Bertz CT molecular complexity index is 636. The van der Waals surface area contributed by atoms with Gasteiger partial charge in [-0.1, -0.05) is 12.8 Å². The molecular formula is C16H22N4S. The summed E-state index contributed by atoms with van der Waals surface area (Å²) in [6.07, 6.45) is 8.21. The fraction of sp³-hybridized carbons (Fsp3) is 0.625. The van der Waals surface area contributed by atoms with Gasteiger partial charge >= 0.3 is 0 Å². The van der Waals surface area contributed by atoms with Gasteiger partial charge in [0.15, 0.2) is 0 Å². The molecule has 21 heavy (non-hydrogen) atoms. The van der Waals surface area contributed by atoms with Gasteiger partial charge in [-0.15, -0.1) is 11.3 Å². The third-order valence-corrected chi connectivity index (χ3v) is 5.85. The Morgan fingerprint density at radius 3 is 2.95 bits per heavy atom. The van der Waals surface area contributed by atoms with Gasteiger partial charge in [-0.25, -0.2) is 4.98 Å². The molecule has 112 valence electrons. The molecule has 3 heterocycles. The van der Waals surface area contributed by atoms with E-state index in [0.29, 0.717) is 6.04 Å². The summed E-state index contributed by atoms with van der Waals surface area (Å²) >= 11 is 1.71. The highest BCUT2D eigenvalue weighted by molar-refractivity contribution is 7.16. The summed E-state index contributed by atoms with van der Waals surface area (Å²) < 4.78 is 0. The van der Waals surface area contributed by atoms with E-state index in [9.17, 15) is 0 Å². The number of nitrogens with zero attached hydrogens (tertiary/aromatic N) is 3. The zero-order chi connectivity index (χ0) is 14.2. The van der Waals surface area contributed by atoms with Gasteiger partial charge in [0.25, 0.3) is 0 Å². The summed E-state index contributed by atoms with van der Waals surface area (Å²) in [6, 6.07) is 2.87. The van der Waals surface area contributed by atoms with Crippen LogP contribution in [-0.4, -0.2) is 29.6 Å². The first-order chi connectivity index (χ1) is 10.4. The highest BCUT2D eigenvalue weighted by atomic mass is 32.1. The molecule has 1 saturated carbocycles. The summed E-state index contributed by atoms with van der Waals surface area (Å²) in [5.74, 6) is 2.77. The standard InChI is InChI=1S/C16H22N4S/c1-17-16-18-14(12-8-10-21-15(12)19-16)20-9-4-6-11-5-2-3-7-13(11)20/h8,10-11,13H,2-7,9H2,1H3,(H,17,18,19). The summed E-state index contributed by atoms with van der Waals surface area (Å²) in [7, 11) is 1.90. The largest absolute Gasteiger partial charge is 0.357 e. The molecule has 5 heteroatoms. The molecule has 2 fully saturated rings. The minimum absolute atomic E-state index is 0.690. The van der Waals surface area contributed by atoms with Gasteiger partial charge in [-0.2, -0.15) is 4.98 Å². The van der Waals surface area contributed by atoms with Crippen LogP contribution in [0.3, 0.4) is 0 Å². The molecule has 0 aromatic carbocycles. The highest BCUT2D eigenvalue weighted by Crippen LogP contribution is 2.40. The van der Waals surface area contributed by atoms with Crippen molar-refractivity contribution in [2.24, 2.45) is 5.92 Å². The minimum Gasteiger partial charge on any atom is -0.357 e. The lowest BCUT2D eigenvalue weighted by molar-refractivity contribution is 0.243. The van der Waals surface area contributed by atoms with Crippen LogP contribution in [0.2, 0.25) is 0 Å². The number of rotatable bonds is 2. The van der Waals surface area contributed by atoms with Gasteiger partial charge in [0.1, 0.15) is 10.6 Å². The van der Waals surface area contributed by atoms with Crippen LogP contribution in [0.1, 0.15) is 38.5 Å². The molecule has 1 N–H and O–H groups in total. The van der Waals surface area contributed by atoms with E-state index >= 15 is 0 Å². The Morgan fingerprint density at radius 1 is 1.19 bits per heavy atom. The normalized spacial score (nSPS) is 25.9. The van der Waals surface area contributed by atoms with Crippen LogP contribution in [-0.2, 0) is 0 Å². The second-order valence-corrected chi connectivity index (χ2v) is 7.10. The second kappa shape index (κ2) is 5.44. The van der Waals surface area contributed by atoms with Gasteiger partial charge in [-0.05, 0) is 43.0 Å². The van der Waals surface area contributed by atoms with Gasteiger partial charge in [0.2, 0.25) is 5.95 Å². The number of hydrogen-bond donors (Lipinski definition) is 1. The maximum absolute atomic E-state index is 4.82. The summed E-state index contributed by atoms with van der Waals surface area (Å²) in [5.41, 5.74) is 0. The van der Waals surface area contributed by atoms with Crippen LogP contribution in [0, 0.1) is 5.92 Å². The molecular weight excluding hydrogens is 280 g/mol. The smallest absolute Gasteiger partial charge is 0.225 e. The van der Waals surface area contributed by atoms with Crippen LogP contribution in [0.25, 0.3) is 10.2 Å². The van der Waals surface area contributed by atoms with Crippen molar-refractivity contribution in [1.29, 1.82) is 0 Å². The number of thiophene rings is 1. The third kappa shape index (κ3) is 2.27. The van der Waals surface area contributed by atoms with Gasteiger partial charge in [-0.3, -0.25) is 0 Å². The molecule has 2 aromatic rings. The van der Waals surface area contributed by atoms with E-state index in [1.54, 1.807) is 11.3 Å². The lowest BCUT2D eigenvalue weighted by atomic mass is 9.78. The number of anilines is 2. The summed E-state index contributed by atoms with van der Waals surface area (Å²) in [6.45, 7) is 1.15. The topological polar surface area (TPSA) is 41.1 Å². The summed E-state index contributed by atoms with van der Waals surface area (Å²) in [4.78, 5) is 13.1. The van der Waals surface area contributed by atoms with Crippen LogP contribution in [0.15, 0.2) is 11.4 Å². The molecule has 1 aliphatic carbocycles. The molecule has 0 spiro atoms. The number of aromatic nitrogens is 2. The minimum atomic E-state index is 0.690. The first kappa shape index (κ1) is 13.3. The van der Waals surface area contributed by atoms with Crippen molar-refractivity contribution in [2.45, 2.75) is 44.6 Å². The average molecular weight is 302 g/mol. The van der Waals surface area contributed by atoms with E-state index in [2.05, 4.69) is 26.6 Å². The molecule has 2 aromatic heterocycles. The Morgan fingerprint density at radius 2 is 2.05 bits per heavy atom. The van der Waals surface area contributed by atoms with E-state index in [0.717, 1.165) is 29.1 Å². The Balaban J connectivity index is 1.78. The van der Waals surface area contributed by atoms with Crippen molar-refractivity contribution in [3.63, 3.8) is 0 Å². The molecule has 2 unspecified atom stereocenters. The molecule has 0 bridgehead atoms. The molecule has 0 amide bonds. The van der Waals surface area contributed by atoms with Gasteiger partial charge < -0.3 is 10.2 Å². The van der Waals surface area contributed by atoms with Crippen molar-refractivity contribution < 1.29 is 0 Å². The fourth-order valence-corrected chi connectivity index (χ4v) is 4.82. The lowest BCUT2D eigenvalue weighted by Gasteiger charge is -2.45. The van der Waals surface area contributed by atoms with Crippen molar-refractivity contribution in [3.05, 3.63) is 11.4 Å². The maximum atomic E-state index is 4.82. The van der Waals surface area contributed by atoms with Crippen molar-refractivity contribution >= 4 is 33.3 Å². The molecule has 2 atom stereocenters. The van der Waals surface area contributed by atoms with E-state index in [4.69, 9.17) is 4.98 Å². The number of fused-ring (bicyclic) bond motifs is 2. The predicted octanol–water partition coefficient (Wildman–Crippen LogP) is 3.89. The molecule has 4 rings (SSSR count). The lowest BCUT2D eigenvalue weighted by Crippen LogP contribution is -2.47.